The fourth-order valence-corrected chi connectivity index (χ4v) is 4.56. The number of nitrogens with zero attached hydrogens (tertiary/aromatic N) is 2. The van der Waals surface area contributed by atoms with Crippen molar-refractivity contribution >= 4 is 57.5 Å². The number of carbonyl (C=O) groups excluding carboxylic acids is 1. The first-order valence-corrected chi connectivity index (χ1v) is 10.2. The average Bonchev–Trinajstić information content (AvgIpc) is 3.18. The van der Waals surface area contributed by atoms with E-state index in [9.17, 15) is 4.79 Å². The smallest absolute Gasteiger partial charge is 0.256 e. The Bertz CT molecular complexity index is 828. The van der Waals surface area contributed by atoms with Crippen LogP contribution in [0.25, 0.3) is 0 Å². The second-order valence-corrected chi connectivity index (χ2v) is 7.90. The molecule has 1 aromatic carbocycles. The molecule has 26 heavy (non-hydrogen) atoms. The number of hydrogen-bond donors (Lipinski definition) is 1. The Hall–Kier alpha value is -1.67. The monoisotopic (exact) mass is 407 g/mol. The van der Waals surface area contributed by atoms with Crippen molar-refractivity contribution in [2.45, 2.75) is 25.3 Å². The van der Waals surface area contributed by atoms with Gasteiger partial charge in [-0.15, -0.1) is 0 Å². The van der Waals surface area contributed by atoms with Crippen molar-refractivity contribution in [3.05, 3.63) is 45.6 Å². The van der Waals surface area contributed by atoms with Gasteiger partial charge in [0.1, 0.15) is 0 Å². The third-order valence-corrected chi connectivity index (χ3v) is 6.04. The summed E-state index contributed by atoms with van der Waals surface area (Å²) in [5.41, 5.74) is 1.95. The van der Waals surface area contributed by atoms with Crippen LogP contribution in [0.15, 0.2) is 35.0 Å². The number of piperidine rings is 1. The molecule has 2 saturated heterocycles. The van der Waals surface area contributed by atoms with Gasteiger partial charge in [-0.1, -0.05) is 11.6 Å². The second-order valence-electron chi connectivity index (χ2n) is 6.35. The summed E-state index contributed by atoms with van der Waals surface area (Å²) in [5, 5.41) is 9.28. The lowest BCUT2D eigenvalue weighted by Gasteiger charge is -2.45. The van der Waals surface area contributed by atoms with Crippen LogP contribution >= 0.6 is 35.2 Å². The van der Waals surface area contributed by atoms with Crippen molar-refractivity contribution < 1.29 is 9.63 Å². The minimum Gasteiger partial charge on any atom is -0.342 e. The number of rotatable bonds is 3. The number of amides is 1. The minimum absolute atomic E-state index is 0.157. The summed E-state index contributed by atoms with van der Waals surface area (Å²) >= 11 is 13.6. The van der Waals surface area contributed by atoms with Crippen molar-refractivity contribution in [2.75, 3.05) is 23.5 Å². The number of carbonyl (C=O) groups is 1. The number of halogens is 1. The Labute approximate surface area is 166 Å². The molecule has 4 rings (SSSR count). The van der Waals surface area contributed by atoms with E-state index in [1.54, 1.807) is 28.6 Å². The van der Waals surface area contributed by atoms with Crippen molar-refractivity contribution in [2.24, 2.45) is 0 Å². The Balaban J connectivity index is 1.51. The highest BCUT2D eigenvalue weighted by Gasteiger charge is 2.34. The lowest BCUT2D eigenvalue weighted by atomic mass is 10.0. The first-order valence-electron chi connectivity index (χ1n) is 8.50. The van der Waals surface area contributed by atoms with Gasteiger partial charge in [0.2, 0.25) is 5.11 Å². The van der Waals surface area contributed by atoms with Crippen molar-refractivity contribution in [3.63, 3.8) is 0 Å². The molecule has 8 heteroatoms. The number of nitrogens with one attached hydrogen (secondary N) is 1. The molecule has 3 heterocycles. The highest BCUT2D eigenvalue weighted by molar-refractivity contribution is 7.80. The molecule has 1 amide bonds. The van der Waals surface area contributed by atoms with E-state index in [4.69, 9.17) is 28.7 Å². The fraction of sp³-hybridized carbons (Fsp3) is 0.333. The topological polar surface area (TPSA) is 44.8 Å². The Morgan fingerprint density at radius 2 is 2.23 bits per heavy atom. The molecular weight excluding hydrogens is 390 g/mol. The number of fused-ring (bicyclic) bond motifs is 1. The molecule has 0 radical (unpaired) electrons. The van der Waals surface area contributed by atoms with Gasteiger partial charge in [-0.25, -0.2) is 0 Å². The van der Waals surface area contributed by atoms with Crippen molar-refractivity contribution in [3.8, 4) is 0 Å². The summed E-state index contributed by atoms with van der Waals surface area (Å²) in [7, 11) is 0. The maximum Gasteiger partial charge on any atom is 0.256 e. The van der Waals surface area contributed by atoms with Crippen LogP contribution in [-0.2, 0) is 4.84 Å². The predicted molar refractivity (Wildman–Crippen MR) is 109 cm³/mol. The number of thiophene rings is 1. The van der Waals surface area contributed by atoms with Gasteiger partial charge in [-0.05, 0) is 61.1 Å². The SMILES string of the molecule is O=C(Nc1ccc(N2OCC3CCCCN3C2=S)c(Cl)c1)c1ccsc1. The van der Waals surface area contributed by atoms with Gasteiger partial charge in [0.15, 0.2) is 0 Å². The van der Waals surface area contributed by atoms with Gasteiger partial charge >= 0.3 is 0 Å². The molecule has 1 unspecified atom stereocenters. The van der Waals surface area contributed by atoms with Crippen LogP contribution in [0.1, 0.15) is 29.6 Å². The van der Waals surface area contributed by atoms with Gasteiger partial charge in [0, 0.05) is 17.6 Å². The van der Waals surface area contributed by atoms with Gasteiger partial charge in [0.25, 0.3) is 5.91 Å². The van der Waals surface area contributed by atoms with Gasteiger partial charge in [-0.3, -0.25) is 9.63 Å². The van der Waals surface area contributed by atoms with Crippen LogP contribution in [0.3, 0.4) is 0 Å². The zero-order valence-electron chi connectivity index (χ0n) is 14.0. The number of benzene rings is 1. The zero-order chi connectivity index (χ0) is 18.1. The molecule has 1 atom stereocenters. The molecule has 2 aliphatic rings. The van der Waals surface area contributed by atoms with Gasteiger partial charge in [-0.2, -0.15) is 16.4 Å². The quantitative estimate of drug-likeness (QED) is 0.756. The summed E-state index contributed by atoms with van der Waals surface area (Å²) in [4.78, 5) is 20.3. The summed E-state index contributed by atoms with van der Waals surface area (Å²) in [5.74, 6) is -0.157. The third kappa shape index (κ3) is 3.44. The third-order valence-electron chi connectivity index (χ3n) is 4.65. The molecule has 2 aromatic rings. The summed E-state index contributed by atoms with van der Waals surface area (Å²) < 4.78 is 0. The van der Waals surface area contributed by atoms with E-state index in [1.807, 2.05) is 11.4 Å². The number of hydrogen-bond acceptors (Lipinski definition) is 4. The molecule has 2 aliphatic heterocycles. The van der Waals surface area contributed by atoms with E-state index >= 15 is 0 Å². The first kappa shape index (κ1) is 17.7. The number of anilines is 2. The summed E-state index contributed by atoms with van der Waals surface area (Å²) in [6.45, 7) is 1.56. The van der Waals surface area contributed by atoms with E-state index in [0.717, 1.165) is 19.4 Å². The lowest BCUT2D eigenvalue weighted by molar-refractivity contribution is 0.0376. The summed E-state index contributed by atoms with van der Waals surface area (Å²) in [6, 6.07) is 7.48. The molecule has 0 spiro atoms. The molecular formula is C18H18ClN3O2S2. The maximum atomic E-state index is 12.2. The number of hydroxylamine groups is 1. The fourth-order valence-electron chi connectivity index (χ4n) is 3.28. The second kappa shape index (κ2) is 7.52. The van der Waals surface area contributed by atoms with E-state index < -0.39 is 0 Å². The molecule has 0 bridgehead atoms. The molecule has 0 saturated carbocycles. The highest BCUT2D eigenvalue weighted by Crippen LogP contribution is 2.33. The van der Waals surface area contributed by atoms with E-state index in [1.165, 1.54) is 17.8 Å². The van der Waals surface area contributed by atoms with Crippen molar-refractivity contribution in [1.29, 1.82) is 0 Å². The molecule has 1 aromatic heterocycles. The Morgan fingerprint density at radius 1 is 1.35 bits per heavy atom. The van der Waals surface area contributed by atoms with Gasteiger partial charge in [0.05, 0.1) is 28.9 Å². The molecule has 1 N–H and O–H groups in total. The van der Waals surface area contributed by atoms with Crippen LogP contribution in [0.2, 0.25) is 5.02 Å². The maximum absolute atomic E-state index is 12.2. The Morgan fingerprint density at radius 3 is 3.00 bits per heavy atom. The Kier molecular flexibility index (Phi) is 5.13. The summed E-state index contributed by atoms with van der Waals surface area (Å²) in [6.07, 6.45) is 3.47. The lowest BCUT2D eigenvalue weighted by Crippen LogP contribution is -2.57. The van der Waals surface area contributed by atoms with Crippen LogP contribution in [0.4, 0.5) is 11.4 Å². The molecule has 5 nitrogen and oxygen atoms in total. The predicted octanol–water partition coefficient (Wildman–Crippen LogP) is 4.54. The standard InChI is InChI=1S/C18H18ClN3O2S2/c19-15-9-13(20-17(23)12-6-8-26-11-12)4-5-16(15)22-18(25)21-7-2-1-3-14(21)10-24-22/h4-6,8-9,11,14H,1-3,7,10H2,(H,20,23). The average molecular weight is 408 g/mol. The van der Waals surface area contributed by atoms with Crippen molar-refractivity contribution in [1.82, 2.24) is 4.90 Å². The van der Waals surface area contributed by atoms with E-state index in [-0.39, 0.29) is 5.91 Å². The van der Waals surface area contributed by atoms with E-state index in [2.05, 4.69) is 10.2 Å². The van der Waals surface area contributed by atoms with Crippen LogP contribution in [-0.4, -0.2) is 35.1 Å². The first-order chi connectivity index (χ1) is 12.6. The zero-order valence-corrected chi connectivity index (χ0v) is 16.4. The normalized spacial score (nSPS) is 20.0. The van der Waals surface area contributed by atoms with Crippen LogP contribution < -0.4 is 10.4 Å². The van der Waals surface area contributed by atoms with E-state index in [0.29, 0.717) is 39.7 Å². The molecule has 2 fully saturated rings. The van der Waals surface area contributed by atoms with Crippen LogP contribution in [0.5, 0.6) is 0 Å². The number of thiocarbonyl (C=S) groups is 1. The highest BCUT2D eigenvalue weighted by atomic mass is 35.5. The minimum atomic E-state index is -0.157. The van der Waals surface area contributed by atoms with Crippen LogP contribution in [0, 0.1) is 0 Å². The largest absolute Gasteiger partial charge is 0.342 e. The van der Waals surface area contributed by atoms with Gasteiger partial charge < -0.3 is 10.2 Å². The molecule has 0 aliphatic carbocycles. The molecule has 136 valence electrons.